The van der Waals surface area contributed by atoms with Gasteiger partial charge in [0.1, 0.15) is 0 Å². The molecule has 0 bridgehead atoms. The standard InChI is InChI=1S/C17H25BrN2O2/c1-12-9-20(10-13(2)22-12)17(3,4)11-19-16(21)14-6-5-7-15(18)8-14/h5-8,12-13H,9-11H2,1-4H3,(H,19,21)/t12-,13-/m0/s1. The summed E-state index contributed by atoms with van der Waals surface area (Å²) >= 11 is 3.39. The lowest BCUT2D eigenvalue weighted by Crippen LogP contribution is -2.58. The van der Waals surface area contributed by atoms with Crippen LogP contribution in [0.2, 0.25) is 0 Å². The molecule has 1 fully saturated rings. The van der Waals surface area contributed by atoms with Gasteiger partial charge in [0, 0.05) is 35.2 Å². The molecule has 122 valence electrons. The molecule has 1 aromatic carbocycles. The van der Waals surface area contributed by atoms with Crippen molar-refractivity contribution in [3.8, 4) is 0 Å². The minimum atomic E-state index is -0.103. The number of carbonyl (C=O) groups is 1. The van der Waals surface area contributed by atoms with Crippen LogP contribution in [-0.2, 0) is 4.74 Å². The zero-order valence-electron chi connectivity index (χ0n) is 13.7. The normalized spacial score (nSPS) is 23.3. The van der Waals surface area contributed by atoms with Crippen molar-refractivity contribution in [3.63, 3.8) is 0 Å². The average molecular weight is 369 g/mol. The number of rotatable bonds is 4. The monoisotopic (exact) mass is 368 g/mol. The maximum Gasteiger partial charge on any atom is 0.251 e. The second-order valence-electron chi connectivity index (χ2n) is 6.67. The molecule has 0 aliphatic carbocycles. The Morgan fingerprint density at radius 2 is 2.00 bits per heavy atom. The van der Waals surface area contributed by atoms with Crippen LogP contribution in [-0.4, -0.2) is 48.2 Å². The molecule has 2 atom stereocenters. The molecule has 5 heteroatoms. The summed E-state index contributed by atoms with van der Waals surface area (Å²) in [5, 5.41) is 3.05. The third-order valence-electron chi connectivity index (χ3n) is 4.04. The number of morpholine rings is 1. The van der Waals surface area contributed by atoms with Gasteiger partial charge in [-0.15, -0.1) is 0 Å². The van der Waals surface area contributed by atoms with E-state index in [0.29, 0.717) is 12.1 Å². The van der Waals surface area contributed by atoms with Crippen LogP contribution in [0.1, 0.15) is 38.1 Å². The second-order valence-corrected chi connectivity index (χ2v) is 7.58. The van der Waals surface area contributed by atoms with Gasteiger partial charge in [-0.05, 0) is 45.9 Å². The Kier molecular flexibility index (Phi) is 5.64. The Labute approximate surface area is 141 Å². The summed E-state index contributed by atoms with van der Waals surface area (Å²) < 4.78 is 6.70. The highest BCUT2D eigenvalue weighted by Crippen LogP contribution is 2.21. The smallest absolute Gasteiger partial charge is 0.251 e. The zero-order chi connectivity index (χ0) is 16.3. The van der Waals surface area contributed by atoms with Crippen molar-refractivity contribution in [1.82, 2.24) is 10.2 Å². The highest BCUT2D eigenvalue weighted by atomic mass is 79.9. The number of halogens is 1. The van der Waals surface area contributed by atoms with Gasteiger partial charge in [0.25, 0.3) is 5.91 Å². The van der Waals surface area contributed by atoms with E-state index in [2.05, 4.69) is 53.8 Å². The Bertz CT molecular complexity index is 523. The third-order valence-corrected chi connectivity index (χ3v) is 4.54. The summed E-state index contributed by atoms with van der Waals surface area (Å²) in [5.41, 5.74) is 0.572. The topological polar surface area (TPSA) is 41.6 Å². The van der Waals surface area contributed by atoms with Crippen LogP contribution in [0.25, 0.3) is 0 Å². The van der Waals surface area contributed by atoms with E-state index in [4.69, 9.17) is 4.74 Å². The van der Waals surface area contributed by atoms with Gasteiger partial charge in [-0.25, -0.2) is 0 Å². The predicted molar refractivity (Wildman–Crippen MR) is 92.1 cm³/mol. The zero-order valence-corrected chi connectivity index (χ0v) is 15.3. The number of amides is 1. The van der Waals surface area contributed by atoms with E-state index in [1.807, 2.05) is 24.3 Å². The first-order chi connectivity index (χ1) is 10.3. The van der Waals surface area contributed by atoms with E-state index in [0.717, 1.165) is 17.6 Å². The van der Waals surface area contributed by atoms with Crippen LogP contribution in [0.5, 0.6) is 0 Å². The quantitative estimate of drug-likeness (QED) is 0.887. The summed E-state index contributed by atoms with van der Waals surface area (Å²) in [5.74, 6) is -0.0382. The van der Waals surface area contributed by atoms with Gasteiger partial charge in [0.05, 0.1) is 12.2 Å². The molecule has 0 aromatic heterocycles. The van der Waals surface area contributed by atoms with Crippen LogP contribution in [0.4, 0.5) is 0 Å². The molecule has 1 N–H and O–H groups in total. The molecular formula is C17H25BrN2O2. The average Bonchev–Trinajstić information content (AvgIpc) is 2.44. The molecule has 22 heavy (non-hydrogen) atoms. The van der Waals surface area contributed by atoms with Gasteiger partial charge in [-0.2, -0.15) is 0 Å². The first-order valence-corrected chi connectivity index (χ1v) is 8.51. The number of ether oxygens (including phenoxy) is 1. The van der Waals surface area contributed by atoms with Gasteiger partial charge in [0.15, 0.2) is 0 Å². The van der Waals surface area contributed by atoms with Crippen LogP contribution >= 0.6 is 15.9 Å². The Hall–Kier alpha value is -0.910. The summed E-state index contributed by atoms with van der Waals surface area (Å²) in [6, 6.07) is 7.44. The van der Waals surface area contributed by atoms with Crippen LogP contribution in [0.3, 0.4) is 0 Å². The number of nitrogens with one attached hydrogen (secondary N) is 1. The first kappa shape index (κ1) is 17.4. The molecule has 1 heterocycles. The lowest BCUT2D eigenvalue weighted by atomic mass is 10.00. The van der Waals surface area contributed by atoms with Gasteiger partial charge in [-0.3, -0.25) is 9.69 Å². The summed E-state index contributed by atoms with van der Waals surface area (Å²) in [7, 11) is 0. The van der Waals surface area contributed by atoms with E-state index in [1.54, 1.807) is 0 Å². The fourth-order valence-corrected chi connectivity index (χ4v) is 3.21. The van der Waals surface area contributed by atoms with Crippen molar-refractivity contribution >= 4 is 21.8 Å². The van der Waals surface area contributed by atoms with Gasteiger partial charge in [-0.1, -0.05) is 22.0 Å². The maximum atomic E-state index is 12.3. The predicted octanol–water partition coefficient (Wildman–Crippen LogP) is 3.07. The van der Waals surface area contributed by atoms with Crippen molar-refractivity contribution in [2.75, 3.05) is 19.6 Å². The number of nitrogens with zero attached hydrogens (tertiary/aromatic N) is 1. The van der Waals surface area contributed by atoms with E-state index in [9.17, 15) is 4.79 Å². The molecule has 1 amide bonds. The van der Waals surface area contributed by atoms with Gasteiger partial charge < -0.3 is 10.1 Å². The molecule has 1 aromatic rings. The highest BCUT2D eigenvalue weighted by Gasteiger charge is 2.33. The number of benzene rings is 1. The number of carbonyl (C=O) groups excluding carboxylic acids is 1. The minimum absolute atomic E-state index is 0.0382. The molecule has 1 aliphatic rings. The van der Waals surface area contributed by atoms with Crippen LogP contribution < -0.4 is 5.32 Å². The Balaban J connectivity index is 1.95. The van der Waals surface area contributed by atoms with E-state index < -0.39 is 0 Å². The third kappa shape index (κ3) is 4.54. The molecule has 1 saturated heterocycles. The molecule has 4 nitrogen and oxygen atoms in total. The Morgan fingerprint density at radius 1 is 1.36 bits per heavy atom. The molecule has 0 radical (unpaired) electrons. The molecule has 0 spiro atoms. The number of hydrogen-bond donors (Lipinski definition) is 1. The first-order valence-electron chi connectivity index (χ1n) is 7.72. The van der Waals surface area contributed by atoms with Gasteiger partial charge >= 0.3 is 0 Å². The Morgan fingerprint density at radius 3 is 2.59 bits per heavy atom. The molecule has 0 saturated carbocycles. The minimum Gasteiger partial charge on any atom is -0.373 e. The highest BCUT2D eigenvalue weighted by molar-refractivity contribution is 9.10. The lowest BCUT2D eigenvalue weighted by molar-refractivity contribution is -0.0948. The van der Waals surface area contributed by atoms with E-state index in [-0.39, 0.29) is 23.7 Å². The van der Waals surface area contributed by atoms with Crippen molar-refractivity contribution in [2.24, 2.45) is 0 Å². The number of hydrogen-bond acceptors (Lipinski definition) is 3. The van der Waals surface area contributed by atoms with Crippen LogP contribution in [0, 0.1) is 0 Å². The second kappa shape index (κ2) is 7.11. The fraction of sp³-hybridized carbons (Fsp3) is 0.588. The van der Waals surface area contributed by atoms with Gasteiger partial charge in [0.2, 0.25) is 0 Å². The molecule has 1 aliphatic heterocycles. The lowest BCUT2D eigenvalue weighted by Gasteiger charge is -2.45. The van der Waals surface area contributed by atoms with Crippen LogP contribution in [0.15, 0.2) is 28.7 Å². The van der Waals surface area contributed by atoms with Crippen molar-refractivity contribution in [2.45, 2.75) is 45.4 Å². The van der Waals surface area contributed by atoms with E-state index in [1.165, 1.54) is 0 Å². The van der Waals surface area contributed by atoms with Crippen molar-refractivity contribution < 1.29 is 9.53 Å². The molecule has 2 rings (SSSR count). The largest absolute Gasteiger partial charge is 0.373 e. The summed E-state index contributed by atoms with van der Waals surface area (Å²) in [4.78, 5) is 14.7. The SMILES string of the molecule is C[C@H]1CN(C(C)(C)CNC(=O)c2cccc(Br)c2)C[C@H](C)O1. The van der Waals surface area contributed by atoms with E-state index >= 15 is 0 Å². The fourth-order valence-electron chi connectivity index (χ4n) is 2.81. The maximum absolute atomic E-state index is 12.3. The molecule has 0 unspecified atom stereocenters. The van der Waals surface area contributed by atoms with Crippen molar-refractivity contribution in [3.05, 3.63) is 34.3 Å². The molecular weight excluding hydrogens is 344 g/mol. The summed E-state index contributed by atoms with van der Waals surface area (Å²) in [6.07, 6.45) is 0.451. The van der Waals surface area contributed by atoms with Crippen molar-refractivity contribution in [1.29, 1.82) is 0 Å². The summed E-state index contributed by atoms with van der Waals surface area (Å²) in [6.45, 7) is 10.9.